The van der Waals surface area contributed by atoms with Crippen molar-refractivity contribution in [3.63, 3.8) is 0 Å². The topological polar surface area (TPSA) is 66.7 Å². The van der Waals surface area contributed by atoms with E-state index in [9.17, 15) is 9.70 Å². The molecule has 1 aromatic carbocycles. The fourth-order valence-electron chi connectivity index (χ4n) is 1.09. The van der Waals surface area contributed by atoms with Gasteiger partial charge in [-0.3, -0.25) is 4.79 Å². The molecule has 1 unspecified atom stereocenters. The first-order chi connectivity index (χ1) is 6.25. The standard InChI is InChI=1S/C9H9NO3/c11-9(12)8(6-10-13)7-4-2-1-3-5-7/h1-5,8H,6H2,(H,11,12). The number of carboxylic acid groups (broad SMARTS) is 1. The number of hydrogen-bond acceptors (Lipinski definition) is 3. The summed E-state index contributed by atoms with van der Waals surface area (Å²) >= 11 is 0. The van der Waals surface area contributed by atoms with Crippen LogP contribution < -0.4 is 0 Å². The van der Waals surface area contributed by atoms with Gasteiger partial charge < -0.3 is 5.11 Å². The minimum Gasteiger partial charge on any atom is -0.481 e. The second-order valence-electron chi connectivity index (χ2n) is 2.61. The van der Waals surface area contributed by atoms with Gasteiger partial charge in [-0.05, 0) is 5.56 Å². The fourth-order valence-corrected chi connectivity index (χ4v) is 1.09. The normalized spacial score (nSPS) is 12.0. The predicted octanol–water partition coefficient (Wildman–Crippen LogP) is 1.62. The molecule has 1 rings (SSSR count). The third-order valence-corrected chi connectivity index (χ3v) is 1.76. The fraction of sp³-hybridized carbons (Fsp3) is 0.222. The van der Waals surface area contributed by atoms with E-state index in [1.54, 1.807) is 30.3 Å². The summed E-state index contributed by atoms with van der Waals surface area (Å²) < 4.78 is 0. The largest absolute Gasteiger partial charge is 0.481 e. The third kappa shape index (κ3) is 2.37. The van der Waals surface area contributed by atoms with E-state index in [1.165, 1.54) is 0 Å². The van der Waals surface area contributed by atoms with E-state index in [2.05, 4.69) is 5.18 Å². The molecule has 0 radical (unpaired) electrons. The molecular weight excluding hydrogens is 170 g/mol. The summed E-state index contributed by atoms with van der Waals surface area (Å²) in [4.78, 5) is 20.7. The molecule has 0 aliphatic carbocycles. The lowest BCUT2D eigenvalue weighted by atomic mass is 10.00. The van der Waals surface area contributed by atoms with E-state index in [4.69, 9.17) is 5.11 Å². The van der Waals surface area contributed by atoms with Gasteiger partial charge in [0.1, 0.15) is 5.92 Å². The van der Waals surface area contributed by atoms with Crippen molar-refractivity contribution in [1.82, 2.24) is 0 Å². The average Bonchev–Trinajstić information content (AvgIpc) is 2.15. The molecule has 0 aliphatic rings. The molecule has 0 aromatic heterocycles. The molecule has 0 bridgehead atoms. The summed E-state index contributed by atoms with van der Waals surface area (Å²) in [6.07, 6.45) is 0. The first kappa shape index (κ1) is 9.38. The van der Waals surface area contributed by atoms with Crippen molar-refractivity contribution in [2.45, 2.75) is 5.92 Å². The summed E-state index contributed by atoms with van der Waals surface area (Å²) in [5.74, 6) is -1.84. The Balaban J connectivity index is 2.88. The molecule has 0 saturated heterocycles. The Morgan fingerprint density at radius 2 is 2.00 bits per heavy atom. The molecule has 68 valence electrons. The van der Waals surface area contributed by atoms with Crippen LogP contribution in [0.3, 0.4) is 0 Å². The van der Waals surface area contributed by atoms with Gasteiger partial charge in [0.2, 0.25) is 0 Å². The average molecular weight is 179 g/mol. The summed E-state index contributed by atoms with van der Waals surface area (Å²) in [6, 6.07) is 8.59. The lowest BCUT2D eigenvalue weighted by Crippen LogP contribution is -2.14. The van der Waals surface area contributed by atoms with Crippen LogP contribution >= 0.6 is 0 Å². The first-order valence-corrected chi connectivity index (χ1v) is 3.82. The smallest absolute Gasteiger partial charge is 0.313 e. The second kappa shape index (κ2) is 4.35. The molecule has 1 atom stereocenters. The van der Waals surface area contributed by atoms with Gasteiger partial charge in [-0.25, -0.2) is 0 Å². The number of carbonyl (C=O) groups is 1. The van der Waals surface area contributed by atoms with Crippen molar-refractivity contribution < 1.29 is 9.90 Å². The highest BCUT2D eigenvalue weighted by atomic mass is 16.4. The molecule has 0 heterocycles. The number of nitrogens with zero attached hydrogens (tertiary/aromatic N) is 1. The molecular formula is C9H9NO3. The number of rotatable bonds is 4. The van der Waals surface area contributed by atoms with Crippen LogP contribution in [-0.2, 0) is 4.79 Å². The lowest BCUT2D eigenvalue weighted by molar-refractivity contribution is -0.138. The van der Waals surface area contributed by atoms with Gasteiger partial charge >= 0.3 is 5.97 Å². The predicted molar refractivity (Wildman–Crippen MR) is 47.5 cm³/mol. The van der Waals surface area contributed by atoms with Gasteiger partial charge in [-0.1, -0.05) is 35.5 Å². The van der Waals surface area contributed by atoms with Crippen molar-refractivity contribution in [3.05, 3.63) is 40.8 Å². The van der Waals surface area contributed by atoms with E-state index < -0.39 is 11.9 Å². The van der Waals surface area contributed by atoms with Crippen LogP contribution in [0.5, 0.6) is 0 Å². The number of benzene rings is 1. The summed E-state index contributed by atoms with van der Waals surface area (Å²) in [7, 11) is 0. The molecule has 1 aromatic rings. The van der Waals surface area contributed by atoms with E-state index in [-0.39, 0.29) is 6.54 Å². The zero-order valence-electron chi connectivity index (χ0n) is 6.88. The minimum atomic E-state index is -1.02. The van der Waals surface area contributed by atoms with Gasteiger partial charge in [0.15, 0.2) is 0 Å². The zero-order valence-corrected chi connectivity index (χ0v) is 6.88. The summed E-state index contributed by atoms with van der Waals surface area (Å²) in [5, 5.41) is 11.4. The highest BCUT2D eigenvalue weighted by Gasteiger charge is 2.19. The van der Waals surface area contributed by atoms with E-state index >= 15 is 0 Å². The molecule has 4 nitrogen and oxygen atoms in total. The quantitative estimate of drug-likeness (QED) is 0.714. The zero-order chi connectivity index (χ0) is 9.68. The van der Waals surface area contributed by atoms with Gasteiger partial charge in [0, 0.05) is 0 Å². The molecule has 0 aliphatic heterocycles. The summed E-state index contributed by atoms with van der Waals surface area (Å²) in [5.41, 5.74) is 0.606. The molecule has 1 N–H and O–H groups in total. The Hall–Kier alpha value is -1.71. The number of hydrogen-bond donors (Lipinski definition) is 1. The van der Waals surface area contributed by atoms with Crippen LogP contribution in [0.25, 0.3) is 0 Å². The number of nitroso groups, excluding NO2 is 1. The first-order valence-electron chi connectivity index (χ1n) is 3.82. The van der Waals surface area contributed by atoms with Gasteiger partial charge in [0.05, 0.1) is 6.54 Å². The van der Waals surface area contributed by atoms with Gasteiger partial charge in [0.25, 0.3) is 0 Å². The van der Waals surface area contributed by atoms with Crippen molar-refractivity contribution in [2.24, 2.45) is 5.18 Å². The number of aliphatic carboxylic acids is 1. The number of carboxylic acids is 1. The highest BCUT2D eigenvalue weighted by molar-refractivity contribution is 5.76. The summed E-state index contributed by atoms with van der Waals surface area (Å²) in [6.45, 7) is -0.223. The van der Waals surface area contributed by atoms with E-state index in [0.717, 1.165) is 0 Å². The van der Waals surface area contributed by atoms with E-state index in [1.807, 2.05) is 0 Å². The molecule has 0 spiro atoms. The maximum atomic E-state index is 10.7. The van der Waals surface area contributed by atoms with Gasteiger partial charge in [-0.15, -0.1) is 0 Å². The van der Waals surface area contributed by atoms with Crippen LogP contribution in [0.2, 0.25) is 0 Å². The van der Waals surface area contributed by atoms with Crippen LogP contribution in [0.4, 0.5) is 0 Å². The van der Waals surface area contributed by atoms with Crippen molar-refractivity contribution in [1.29, 1.82) is 0 Å². The lowest BCUT2D eigenvalue weighted by Gasteiger charge is -2.07. The highest BCUT2D eigenvalue weighted by Crippen LogP contribution is 2.15. The molecule has 4 heteroatoms. The Labute approximate surface area is 75.2 Å². The molecule has 13 heavy (non-hydrogen) atoms. The SMILES string of the molecule is O=NCC(C(=O)O)c1ccccc1. The molecule has 0 amide bonds. The maximum absolute atomic E-state index is 10.7. The van der Waals surface area contributed by atoms with Crippen LogP contribution in [0.1, 0.15) is 11.5 Å². The van der Waals surface area contributed by atoms with Crippen molar-refractivity contribution >= 4 is 5.97 Å². The van der Waals surface area contributed by atoms with Crippen LogP contribution in [0, 0.1) is 4.91 Å². The molecule has 0 saturated carbocycles. The van der Waals surface area contributed by atoms with Crippen molar-refractivity contribution in [3.8, 4) is 0 Å². The van der Waals surface area contributed by atoms with E-state index in [0.29, 0.717) is 5.56 Å². The maximum Gasteiger partial charge on any atom is 0.313 e. The Morgan fingerprint density at radius 3 is 2.46 bits per heavy atom. The second-order valence-corrected chi connectivity index (χ2v) is 2.61. The Kier molecular flexibility index (Phi) is 3.14. The molecule has 0 fully saturated rings. The Bertz CT molecular complexity index is 297. The van der Waals surface area contributed by atoms with Gasteiger partial charge in [-0.2, -0.15) is 4.91 Å². The third-order valence-electron chi connectivity index (χ3n) is 1.76. The monoisotopic (exact) mass is 179 g/mol. The minimum absolute atomic E-state index is 0.223. The van der Waals surface area contributed by atoms with Crippen LogP contribution in [-0.4, -0.2) is 17.6 Å². The van der Waals surface area contributed by atoms with Crippen LogP contribution in [0.15, 0.2) is 35.5 Å². The van der Waals surface area contributed by atoms with Crippen molar-refractivity contribution in [2.75, 3.05) is 6.54 Å². The Morgan fingerprint density at radius 1 is 1.38 bits per heavy atom.